The van der Waals surface area contributed by atoms with E-state index < -0.39 is 0 Å². The number of nitrogens with one attached hydrogen (secondary N) is 1. The maximum Gasteiger partial charge on any atom is 0.0863 e. The van der Waals surface area contributed by atoms with Crippen molar-refractivity contribution in [2.45, 2.75) is 58.8 Å². The molecule has 1 saturated heterocycles. The molecule has 0 aromatic heterocycles. The zero-order valence-electron chi connectivity index (χ0n) is 14.4. The fourth-order valence-corrected chi connectivity index (χ4v) is 3.32. The van der Waals surface area contributed by atoms with Crippen molar-refractivity contribution in [3.8, 4) is 0 Å². The van der Waals surface area contributed by atoms with Crippen molar-refractivity contribution in [1.82, 2.24) is 5.32 Å². The normalized spacial score (nSPS) is 26.7. The first-order valence-electron chi connectivity index (χ1n) is 8.22. The lowest BCUT2D eigenvalue weighted by molar-refractivity contribution is -0.0515. The number of hydrogen-bond donors (Lipinski definition) is 1. The van der Waals surface area contributed by atoms with Gasteiger partial charge in [0, 0.05) is 43.3 Å². The molecule has 3 nitrogen and oxygen atoms in total. The molecule has 2 aliphatic rings. The number of benzene rings is 1. The Labute approximate surface area is 129 Å². The zero-order valence-corrected chi connectivity index (χ0v) is 14.4. The van der Waals surface area contributed by atoms with E-state index >= 15 is 0 Å². The SMILES string of the molecule is CC.CC(C)N(C)c1cccc2c1COC1(C)CNCC21. The number of rotatable bonds is 2. The number of ether oxygens (including phenoxy) is 1. The summed E-state index contributed by atoms with van der Waals surface area (Å²) in [4.78, 5) is 2.34. The summed E-state index contributed by atoms with van der Waals surface area (Å²) in [5.74, 6) is 0.483. The van der Waals surface area contributed by atoms with Crippen molar-refractivity contribution >= 4 is 5.69 Å². The first-order chi connectivity index (χ1) is 10.0. The molecule has 0 amide bonds. The van der Waals surface area contributed by atoms with Crippen LogP contribution in [0.4, 0.5) is 5.69 Å². The smallest absolute Gasteiger partial charge is 0.0863 e. The summed E-state index contributed by atoms with van der Waals surface area (Å²) in [6, 6.07) is 7.19. The molecule has 0 bridgehead atoms. The lowest BCUT2D eigenvalue weighted by atomic mass is 9.81. The molecule has 0 spiro atoms. The van der Waals surface area contributed by atoms with Gasteiger partial charge in [0.1, 0.15) is 0 Å². The van der Waals surface area contributed by atoms with Gasteiger partial charge in [0.05, 0.1) is 12.2 Å². The molecule has 1 aromatic rings. The van der Waals surface area contributed by atoms with Crippen LogP contribution in [0.5, 0.6) is 0 Å². The van der Waals surface area contributed by atoms with Gasteiger partial charge in [-0.2, -0.15) is 0 Å². The molecule has 118 valence electrons. The van der Waals surface area contributed by atoms with E-state index in [1.54, 1.807) is 0 Å². The Hall–Kier alpha value is -1.06. The second kappa shape index (κ2) is 6.37. The highest BCUT2D eigenvalue weighted by Gasteiger charge is 2.45. The van der Waals surface area contributed by atoms with Crippen molar-refractivity contribution in [2.75, 3.05) is 25.0 Å². The highest BCUT2D eigenvalue weighted by atomic mass is 16.5. The van der Waals surface area contributed by atoms with Crippen LogP contribution in [0.2, 0.25) is 0 Å². The molecular formula is C18H30N2O. The fourth-order valence-electron chi connectivity index (χ4n) is 3.32. The van der Waals surface area contributed by atoms with Crippen LogP contribution in [0.3, 0.4) is 0 Å². The molecule has 0 saturated carbocycles. The van der Waals surface area contributed by atoms with Crippen LogP contribution in [0, 0.1) is 0 Å². The van der Waals surface area contributed by atoms with E-state index in [0.29, 0.717) is 12.0 Å². The Morgan fingerprint density at radius 2 is 2.05 bits per heavy atom. The molecule has 3 heteroatoms. The second-order valence-electron chi connectivity index (χ2n) is 6.33. The third-order valence-corrected chi connectivity index (χ3v) is 4.83. The van der Waals surface area contributed by atoms with Gasteiger partial charge in [0.2, 0.25) is 0 Å². The van der Waals surface area contributed by atoms with E-state index in [2.05, 4.69) is 56.2 Å². The average Bonchev–Trinajstić information content (AvgIpc) is 2.90. The fraction of sp³-hybridized carbons (Fsp3) is 0.667. The number of hydrogen-bond acceptors (Lipinski definition) is 3. The van der Waals surface area contributed by atoms with Gasteiger partial charge in [-0.05, 0) is 32.4 Å². The molecule has 1 fully saturated rings. The van der Waals surface area contributed by atoms with Gasteiger partial charge < -0.3 is 15.0 Å². The van der Waals surface area contributed by atoms with Gasteiger partial charge in [0.25, 0.3) is 0 Å². The van der Waals surface area contributed by atoms with Gasteiger partial charge in [-0.3, -0.25) is 0 Å². The summed E-state index contributed by atoms with van der Waals surface area (Å²) in [5.41, 5.74) is 4.15. The van der Waals surface area contributed by atoms with Crippen LogP contribution < -0.4 is 10.2 Å². The molecule has 2 atom stereocenters. The Morgan fingerprint density at radius 3 is 2.71 bits per heavy atom. The first kappa shape index (κ1) is 16.3. The van der Waals surface area contributed by atoms with E-state index in [4.69, 9.17) is 4.74 Å². The standard InChI is InChI=1S/C16H24N2O.C2H6/c1-11(2)18(4)15-7-5-6-12-13(15)9-19-16(3)10-17-8-14(12)16;1-2/h5-7,11,14,17H,8-10H2,1-4H3;1-2H3. The highest BCUT2D eigenvalue weighted by molar-refractivity contribution is 5.59. The first-order valence-corrected chi connectivity index (χ1v) is 8.22. The Kier molecular flexibility index (Phi) is 4.95. The monoisotopic (exact) mass is 290 g/mol. The maximum absolute atomic E-state index is 6.20. The zero-order chi connectivity index (χ0) is 15.6. The summed E-state index contributed by atoms with van der Waals surface area (Å²) in [7, 11) is 2.17. The van der Waals surface area contributed by atoms with E-state index in [1.807, 2.05) is 13.8 Å². The summed E-state index contributed by atoms with van der Waals surface area (Å²) in [6.07, 6.45) is 0. The number of fused-ring (bicyclic) bond motifs is 3. The van der Waals surface area contributed by atoms with Crippen molar-refractivity contribution in [2.24, 2.45) is 0 Å². The van der Waals surface area contributed by atoms with Crippen LogP contribution in [-0.4, -0.2) is 31.8 Å². The molecule has 2 unspecified atom stereocenters. The van der Waals surface area contributed by atoms with Gasteiger partial charge in [0.15, 0.2) is 0 Å². The molecular weight excluding hydrogens is 260 g/mol. The minimum absolute atomic E-state index is 0.0258. The molecule has 21 heavy (non-hydrogen) atoms. The van der Waals surface area contributed by atoms with Crippen LogP contribution in [0.1, 0.15) is 51.7 Å². The van der Waals surface area contributed by atoms with E-state index in [0.717, 1.165) is 19.7 Å². The van der Waals surface area contributed by atoms with E-state index in [1.165, 1.54) is 16.8 Å². The third kappa shape index (κ3) is 2.82. The molecule has 2 aliphatic heterocycles. The topological polar surface area (TPSA) is 24.5 Å². The van der Waals surface area contributed by atoms with Crippen molar-refractivity contribution < 1.29 is 4.74 Å². The van der Waals surface area contributed by atoms with Crippen LogP contribution in [0.25, 0.3) is 0 Å². The molecule has 3 rings (SSSR count). The van der Waals surface area contributed by atoms with Crippen LogP contribution >= 0.6 is 0 Å². The minimum atomic E-state index is -0.0258. The van der Waals surface area contributed by atoms with Gasteiger partial charge in [-0.1, -0.05) is 26.0 Å². The Morgan fingerprint density at radius 1 is 1.33 bits per heavy atom. The lowest BCUT2D eigenvalue weighted by Gasteiger charge is -2.39. The van der Waals surface area contributed by atoms with Gasteiger partial charge in [-0.15, -0.1) is 0 Å². The molecule has 1 N–H and O–H groups in total. The van der Waals surface area contributed by atoms with Gasteiger partial charge >= 0.3 is 0 Å². The number of anilines is 1. The number of nitrogens with zero attached hydrogens (tertiary/aromatic N) is 1. The summed E-state index contributed by atoms with van der Waals surface area (Å²) < 4.78 is 6.20. The predicted molar refractivity (Wildman–Crippen MR) is 90.1 cm³/mol. The summed E-state index contributed by atoms with van der Waals surface area (Å²) in [5, 5.41) is 3.48. The van der Waals surface area contributed by atoms with Gasteiger partial charge in [-0.25, -0.2) is 0 Å². The van der Waals surface area contributed by atoms with E-state index in [-0.39, 0.29) is 5.60 Å². The summed E-state index contributed by atoms with van der Waals surface area (Å²) in [6.45, 7) is 13.4. The largest absolute Gasteiger partial charge is 0.372 e. The molecule has 0 radical (unpaired) electrons. The lowest BCUT2D eigenvalue weighted by Crippen LogP contribution is -2.40. The quantitative estimate of drug-likeness (QED) is 0.901. The minimum Gasteiger partial charge on any atom is -0.372 e. The third-order valence-electron chi connectivity index (χ3n) is 4.83. The van der Waals surface area contributed by atoms with Crippen molar-refractivity contribution in [3.05, 3.63) is 29.3 Å². The highest BCUT2D eigenvalue weighted by Crippen LogP contribution is 2.43. The maximum atomic E-state index is 6.20. The van der Waals surface area contributed by atoms with Crippen molar-refractivity contribution in [1.29, 1.82) is 0 Å². The molecule has 0 aliphatic carbocycles. The van der Waals surface area contributed by atoms with Crippen LogP contribution in [-0.2, 0) is 11.3 Å². The average molecular weight is 290 g/mol. The Bertz CT molecular complexity index is 486. The van der Waals surface area contributed by atoms with E-state index in [9.17, 15) is 0 Å². The molecule has 2 heterocycles. The summed E-state index contributed by atoms with van der Waals surface area (Å²) >= 11 is 0. The predicted octanol–water partition coefficient (Wildman–Crippen LogP) is 3.53. The Balaban J connectivity index is 0.000000774. The van der Waals surface area contributed by atoms with Crippen LogP contribution in [0.15, 0.2) is 18.2 Å². The second-order valence-corrected chi connectivity index (χ2v) is 6.33. The van der Waals surface area contributed by atoms with Crippen molar-refractivity contribution in [3.63, 3.8) is 0 Å². The molecule has 1 aromatic carbocycles.